The number of amides is 1. The minimum absolute atomic E-state index is 0.122. The summed E-state index contributed by atoms with van der Waals surface area (Å²) in [4.78, 5) is 26.6. The predicted octanol–water partition coefficient (Wildman–Crippen LogP) is 5.63. The van der Waals surface area contributed by atoms with Gasteiger partial charge in [-0.1, -0.05) is 43.4 Å². The number of aryl methyl sites for hydroxylation is 1. The Morgan fingerprint density at radius 3 is 2.70 bits per heavy atom. The first-order chi connectivity index (χ1) is 14.3. The number of fused-ring (bicyclic) bond motifs is 1. The van der Waals surface area contributed by atoms with Gasteiger partial charge in [-0.15, -0.1) is 0 Å². The third kappa shape index (κ3) is 3.68. The van der Waals surface area contributed by atoms with E-state index in [2.05, 4.69) is 20.3 Å². The van der Waals surface area contributed by atoms with Gasteiger partial charge in [-0.3, -0.25) is 19.7 Å². The minimum Gasteiger partial charge on any atom is -0.298 e. The fraction of sp³-hybridized carbons (Fsp3) is 0.238. The quantitative estimate of drug-likeness (QED) is 0.448. The molecule has 0 aliphatic carbocycles. The highest BCUT2D eigenvalue weighted by Crippen LogP contribution is 2.34. The summed E-state index contributed by atoms with van der Waals surface area (Å²) < 4.78 is 27.2. The van der Waals surface area contributed by atoms with Gasteiger partial charge in [-0.05, 0) is 25.0 Å². The second-order valence-corrected chi connectivity index (χ2v) is 8.09. The van der Waals surface area contributed by atoms with Crippen LogP contribution in [0.25, 0.3) is 21.6 Å². The highest BCUT2D eigenvalue weighted by atomic mass is 32.1. The van der Waals surface area contributed by atoms with E-state index >= 15 is 0 Å². The van der Waals surface area contributed by atoms with Crippen molar-refractivity contribution in [3.63, 3.8) is 0 Å². The first kappa shape index (κ1) is 20.1. The molecule has 4 aromatic rings. The van der Waals surface area contributed by atoms with E-state index in [4.69, 9.17) is 0 Å². The average molecular weight is 427 g/mol. The SMILES string of the molecule is Cc1nc(NC(=O)c2cc(C(C)C)nc3ccccc23)sc1-c1nccn1C(F)F. The molecule has 0 aliphatic rings. The number of aromatic nitrogens is 4. The molecule has 30 heavy (non-hydrogen) atoms. The van der Waals surface area contributed by atoms with Crippen LogP contribution in [-0.4, -0.2) is 25.4 Å². The van der Waals surface area contributed by atoms with Gasteiger partial charge in [-0.25, -0.2) is 9.97 Å². The molecule has 0 radical (unpaired) electrons. The molecule has 0 spiro atoms. The molecule has 3 heterocycles. The fourth-order valence-corrected chi connectivity index (χ4v) is 4.11. The number of thiazole rings is 1. The van der Waals surface area contributed by atoms with Gasteiger partial charge in [0, 0.05) is 23.5 Å². The zero-order valence-corrected chi connectivity index (χ0v) is 17.4. The fourth-order valence-electron chi connectivity index (χ4n) is 3.15. The van der Waals surface area contributed by atoms with Gasteiger partial charge in [0.1, 0.15) is 0 Å². The standard InChI is InChI=1S/C21H19F2N5OS/c1-11(2)16-10-14(13-6-4-5-7-15(13)26-16)19(29)27-21-25-12(3)17(30-21)18-24-8-9-28(18)20(22)23/h4-11,20H,1-3H3,(H,25,27,29). The smallest absolute Gasteiger partial charge is 0.298 e. The summed E-state index contributed by atoms with van der Waals surface area (Å²) in [6.45, 7) is 3.02. The van der Waals surface area contributed by atoms with E-state index in [0.717, 1.165) is 32.5 Å². The van der Waals surface area contributed by atoms with Gasteiger partial charge in [-0.2, -0.15) is 8.78 Å². The van der Waals surface area contributed by atoms with E-state index in [1.165, 1.54) is 12.4 Å². The zero-order chi connectivity index (χ0) is 21.4. The molecular formula is C21H19F2N5OS. The van der Waals surface area contributed by atoms with Crippen molar-refractivity contribution in [3.8, 4) is 10.7 Å². The van der Waals surface area contributed by atoms with E-state index < -0.39 is 6.55 Å². The lowest BCUT2D eigenvalue weighted by Crippen LogP contribution is -2.13. The maximum absolute atomic E-state index is 13.2. The molecule has 4 rings (SSSR count). The summed E-state index contributed by atoms with van der Waals surface area (Å²) in [6.07, 6.45) is 2.53. The number of rotatable bonds is 5. The van der Waals surface area contributed by atoms with Crippen LogP contribution in [-0.2, 0) is 0 Å². The lowest BCUT2D eigenvalue weighted by Gasteiger charge is -2.11. The average Bonchev–Trinajstić information content (AvgIpc) is 3.33. The third-order valence-corrected chi connectivity index (χ3v) is 5.74. The van der Waals surface area contributed by atoms with Crippen molar-refractivity contribution in [2.75, 3.05) is 5.32 Å². The monoisotopic (exact) mass is 427 g/mol. The van der Waals surface area contributed by atoms with E-state index in [9.17, 15) is 13.6 Å². The van der Waals surface area contributed by atoms with Crippen molar-refractivity contribution >= 4 is 33.3 Å². The number of imidazole rings is 1. The van der Waals surface area contributed by atoms with Gasteiger partial charge in [0.15, 0.2) is 11.0 Å². The molecule has 0 saturated heterocycles. The van der Waals surface area contributed by atoms with Crippen LogP contribution in [0.2, 0.25) is 0 Å². The molecule has 3 aromatic heterocycles. The molecule has 0 fully saturated rings. The Hall–Kier alpha value is -3.20. The van der Waals surface area contributed by atoms with E-state index in [0.29, 0.717) is 21.3 Å². The Bertz CT molecular complexity index is 1230. The predicted molar refractivity (Wildman–Crippen MR) is 113 cm³/mol. The van der Waals surface area contributed by atoms with Crippen LogP contribution in [0.15, 0.2) is 42.7 Å². The lowest BCUT2D eigenvalue weighted by atomic mass is 10.0. The topological polar surface area (TPSA) is 72.7 Å². The number of nitrogens with one attached hydrogen (secondary N) is 1. The van der Waals surface area contributed by atoms with Crippen molar-refractivity contribution < 1.29 is 13.6 Å². The molecule has 0 saturated carbocycles. The van der Waals surface area contributed by atoms with E-state index in [1.54, 1.807) is 13.0 Å². The summed E-state index contributed by atoms with van der Waals surface area (Å²) in [5.74, 6) is -0.0481. The largest absolute Gasteiger partial charge is 0.320 e. The van der Waals surface area contributed by atoms with Crippen molar-refractivity contribution in [1.29, 1.82) is 0 Å². The number of halogens is 2. The summed E-state index contributed by atoms with van der Waals surface area (Å²) in [5.41, 5.74) is 2.57. The number of anilines is 1. The molecule has 0 aliphatic heterocycles. The van der Waals surface area contributed by atoms with Gasteiger partial charge in [0.05, 0.1) is 21.7 Å². The Kier molecular flexibility index (Phi) is 5.29. The van der Waals surface area contributed by atoms with Crippen LogP contribution in [0.3, 0.4) is 0 Å². The Morgan fingerprint density at radius 2 is 1.97 bits per heavy atom. The highest BCUT2D eigenvalue weighted by molar-refractivity contribution is 7.19. The molecule has 154 valence electrons. The summed E-state index contributed by atoms with van der Waals surface area (Å²) in [6, 6.07) is 9.23. The number of nitrogens with zero attached hydrogens (tertiary/aromatic N) is 4. The Balaban J connectivity index is 1.69. The minimum atomic E-state index is -2.71. The van der Waals surface area contributed by atoms with Gasteiger partial charge in [0.25, 0.3) is 5.91 Å². The Labute approximate surface area is 175 Å². The molecule has 0 unspecified atom stereocenters. The third-order valence-electron chi connectivity index (χ3n) is 4.67. The lowest BCUT2D eigenvalue weighted by molar-refractivity contribution is 0.0720. The second-order valence-electron chi connectivity index (χ2n) is 7.09. The molecule has 1 amide bonds. The van der Waals surface area contributed by atoms with Crippen LogP contribution in [0.5, 0.6) is 0 Å². The molecule has 0 bridgehead atoms. The van der Waals surface area contributed by atoms with Crippen LogP contribution in [0, 0.1) is 6.92 Å². The highest BCUT2D eigenvalue weighted by Gasteiger charge is 2.21. The van der Waals surface area contributed by atoms with Gasteiger partial charge < -0.3 is 0 Å². The van der Waals surface area contributed by atoms with Crippen molar-refractivity contribution in [2.24, 2.45) is 0 Å². The van der Waals surface area contributed by atoms with Crippen molar-refractivity contribution in [2.45, 2.75) is 33.2 Å². The maximum atomic E-state index is 13.2. The van der Waals surface area contributed by atoms with E-state index in [-0.39, 0.29) is 17.6 Å². The maximum Gasteiger partial charge on any atom is 0.320 e. The number of carbonyl (C=O) groups is 1. The molecule has 9 heteroatoms. The number of alkyl halides is 2. The number of para-hydroxylation sites is 1. The van der Waals surface area contributed by atoms with Crippen LogP contribution >= 0.6 is 11.3 Å². The van der Waals surface area contributed by atoms with Crippen LogP contribution in [0.1, 0.15) is 48.1 Å². The molecular weight excluding hydrogens is 408 g/mol. The molecule has 1 N–H and O–H groups in total. The first-order valence-electron chi connectivity index (χ1n) is 9.35. The summed E-state index contributed by atoms with van der Waals surface area (Å²) >= 11 is 1.11. The van der Waals surface area contributed by atoms with E-state index in [1.807, 2.05) is 38.1 Å². The molecule has 6 nitrogen and oxygen atoms in total. The number of pyridine rings is 1. The number of benzene rings is 1. The van der Waals surface area contributed by atoms with Gasteiger partial charge in [0.2, 0.25) is 0 Å². The normalized spacial score (nSPS) is 11.6. The molecule has 0 atom stereocenters. The first-order valence-corrected chi connectivity index (χ1v) is 10.2. The van der Waals surface area contributed by atoms with Gasteiger partial charge >= 0.3 is 6.55 Å². The number of carbonyl (C=O) groups excluding carboxylic acids is 1. The number of hydrogen-bond acceptors (Lipinski definition) is 5. The van der Waals surface area contributed by atoms with Crippen LogP contribution in [0.4, 0.5) is 13.9 Å². The molecule has 1 aromatic carbocycles. The zero-order valence-electron chi connectivity index (χ0n) is 16.6. The second kappa shape index (κ2) is 7.91. The summed E-state index contributed by atoms with van der Waals surface area (Å²) in [7, 11) is 0. The Morgan fingerprint density at radius 1 is 1.20 bits per heavy atom. The van der Waals surface area contributed by atoms with Crippen molar-refractivity contribution in [1.82, 2.24) is 19.5 Å². The number of hydrogen-bond donors (Lipinski definition) is 1. The van der Waals surface area contributed by atoms with Crippen LogP contribution < -0.4 is 5.32 Å². The van der Waals surface area contributed by atoms with Crippen molar-refractivity contribution in [3.05, 3.63) is 59.7 Å². The summed E-state index contributed by atoms with van der Waals surface area (Å²) in [5, 5.41) is 3.86.